The van der Waals surface area contributed by atoms with Crippen LogP contribution in [0.2, 0.25) is 0 Å². The summed E-state index contributed by atoms with van der Waals surface area (Å²) in [7, 11) is 0. The normalized spacial score (nSPS) is 28.2. The van der Waals surface area contributed by atoms with E-state index in [9.17, 15) is 14.7 Å². The highest BCUT2D eigenvalue weighted by Gasteiger charge is 2.60. The van der Waals surface area contributed by atoms with E-state index in [4.69, 9.17) is 0 Å². The lowest BCUT2D eigenvalue weighted by molar-refractivity contribution is -0.170. The van der Waals surface area contributed by atoms with Crippen molar-refractivity contribution in [3.05, 3.63) is 48.0 Å². The van der Waals surface area contributed by atoms with Crippen LogP contribution in [0.1, 0.15) is 70.8 Å². The lowest BCUT2D eigenvalue weighted by atomic mass is 9.75. The molecule has 2 heterocycles. The summed E-state index contributed by atoms with van der Waals surface area (Å²) < 4.78 is 0. The average Bonchev–Trinajstić information content (AvgIpc) is 3.17. The highest BCUT2D eigenvalue weighted by Crippen LogP contribution is 2.45. The SMILES string of the molecule is CC(C)CC1C(=O)N2C[C@H](O)CC2(CC2CCCCC2)C(=O)N1Cc1ccc2ccccc2c1. The summed E-state index contributed by atoms with van der Waals surface area (Å²) in [5.41, 5.74) is 0.163. The van der Waals surface area contributed by atoms with E-state index in [1.165, 1.54) is 24.6 Å². The Morgan fingerprint density at radius 3 is 2.50 bits per heavy atom. The zero-order chi connectivity index (χ0) is 23.9. The monoisotopic (exact) mass is 462 g/mol. The Balaban J connectivity index is 1.51. The minimum absolute atomic E-state index is 0.0291. The van der Waals surface area contributed by atoms with E-state index in [2.05, 4.69) is 44.2 Å². The molecule has 34 heavy (non-hydrogen) atoms. The molecule has 3 atom stereocenters. The van der Waals surface area contributed by atoms with E-state index >= 15 is 0 Å². The molecule has 2 aliphatic heterocycles. The summed E-state index contributed by atoms with van der Waals surface area (Å²) in [6.07, 6.45) is 6.97. The van der Waals surface area contributed by atoms with Crippen molar-refractivity contribution >= 4 is 22.6 Å². The van der Waals surface area contributed by atoms with Crippen molar-refractivity contribution in [1.82, 2.24) is 9.80 Å². The van der Waals surface area contributed by atoms with Crippen LogP contribution in [0.4, 0.5) is 0 Å². The van der Waals surface area contributed by atoms with Gasteiger partial charge >= 0.3 is 0 Å². The fourth-order valence-corrected chi connectivity index (χ4v) is 6.72. The Hall–Kier alpha value is -2.40. The molecule has 1 N–H and O–H groups in total. The van der Waals surface area contributed by atoms with Crippen molar-refractivity contribution in [2.45, 2.75) is 89.4 Å². The van der Waals surface area contributed by atoms with Crippen LogP contribution in [0.25, 0.3) is 10.8 Å². The third kappa shape index (κ3) is 4.24. The average molecular weight is 463 g/mol. The minimum atomic E-state index is -0.886. The number of carbonyl (C=O) groups excluding carboxylic acids is 2. The number of nitrogens with zero attached hydrogens (tertiary/aromatic N) is 2. The van der Waals surface area contributed by atoms with E-state index in [1.807, 2.05) is 17.0 Å². The summed E-state index contributed by atoms with van der Waals surface area (Å²) in [5, 5.41) is 13.0. The predicted octanol–water partition coefficient (Wildman–Crippen LogP) is 4.90. The van der Waals surface area contributed by atoms with Gasteiger partial charge in [0, 0.05) is 19.5 Å². The molecule has 182 valence electrons. The molecule has 5 rings (SSSR count). The molecule has 2 aromatic rings. The molecule has 0 radical (unpaired) electrons. The number of hydrogen-bond acceptors (Lipinski definition) is 3. The Morgan fingerprint density at radius 2 is 1.76 bits per heavy atom. The second kappa shape index (κ2) is 9.33. The standard InChI is InChI=1S/C29H38N2O3/c1-20(2)14-26-27(33)31-19-25(32)17-29(31,16-21-8-4-3-5-9-21)28(34)30(26)18-22-12-13-23-10-6-7-11-24(23)15-22/h6-7,10-13,15,20-21,25-26,32H,3-5,8-9,14,16-19H2,1-2H3/t25-,26?,29?/m1/s1. The molecule has 3 fully saturated rings. The van der Waals surface area contributed by atoms with Gasteiger partial charge in [0.25, 0.3) is 0 Å². The van der Waals surface area contributed by atoms with Crippen molar-refractivity contribution < 1.29 is 14.7 Å². The first kappa shape index (κ1) is 23.3. The minimum Gasteiger partial charge on any atom is -0.391 e. The summed E-state index contributed by atoms with van der Waals surface area (Å²) >= 11 is 0. The van der Waals surface area contributed by atoms with Crippen molar-refractivity contribution in [3.63, 3.8) is 0 Å². The van der Waals surface area contributed by atoms with Crippen LogP contribution in [0.15, 0.2) is 42.5 Å². The molecule has 2 amide bonds. The highest BCUT2D eigenvalue weighted by atomic mass is 16.3. The van der Waals surface area contributed by atoms with Gasteiger partial charge in [0.2, 0.25) is 11.8 Å². The lowest BCUT2D eigenvalue weighted by Gasteiger charge is -2.50. The number of rotatable bonds is 6. The smallest absolute Gasteiger partial charge is 0.249 e. The molecule has 1 aliphatic carbocycles. The number of aliphatic hydroxyl groups is 1. The zero-order valence-electron chi connectivity index (χ0n) is 20.6. The first-order chi connectivity index (χ1) is 16.4. The molecule has 5 heteroatoms. The number of carbonyl (C=O) groups is 2. The summed E-state index contributed by atoms with van der Waals surface area (Å²) in [6.45, 7) is 4.93. The van der Waals surface area contributed by atoms with Gasteiger partial charge in [-0.25, -0.2) is 0 Å². The number of amides is 2. The van der Waals surface area contributed by atoms with Gasteiger partial charge in [0.05, 0.1) is 6.10 Å². The third-order valence-corrected chi connectivity index (χ3v) is 8.28. The van der Waals surface area contributed by atoms with Crippen molar-refractivity contribution in [3.8, 4) is 0 Å². The van der Waals surface area contributed by atoms with E-state index < -0.39 is 17.7 Å². The fourth-order valence-electron chi connectivity index (χ4n) is 6.72. The second-order valence-electron chi connectivity index (χ2n) is 11.3. The molecule has 0 aromatic heterocycles. The Labute approximate surface area is 203 Å². The number of benzene rings is 2. The first-order valence-electron chi connectivity index (χ1n) is 13.2. The van der Waals surface area contributed by atoms with E-state index in [0.717, 1.165) is 23.8 Å². The fraction of sp³-hybridized carbons (Fsp3) is 0.586. The van der Waals surface area contributed by atoms with Gasteiger partial charge in [-0.3, -0.25) is 9.59 Å². The maximum absolute atomic E-state index is 14.4. The van der Waals surface area contributed by atoms with Gasteiger partial charge in [0.15, 0.2) is 0 Å². The molecule has 3 aliphatic rings. The Bertz CT molecular complexity index is 1060. The van der Waals surface area contributed by atoms with Gasteiger partial charge in [-0.2, -0.15) is 0 Å². The number of fused-ring (bicyclic) bond motifs is 2. The number of piperazine rings is 1. The second-order valence-corrected chi connectivity index (χ2v) is 11.3. The maximum Gasteiger partial charge on any atom is 0.249 e. The predicted molar refractivity (Wildman–Crippen MR) is 134 cm³/mol. The van der Waals surface area contributed by atoms with Crippen LogP contribution in [0, 0.1) is 11.8 Å². The molecular weight excluding hydrogens is 424 g/mol. The number of hydrogen-bond donors (Lipinski definition) is 1. The van der Waals surface area contributed by atoms with Crippen molar-refractivity contribution in [1.29, 1.82) is 0 Å². The summed E-state index contributed by atoms with van der Waals surface area (Å²) in [6, 6.07) is 14.1. The zero-order valence-corrected chi connectivity index (χ0v) is 20.6. The van der Waals surface area contributed by atoms with Gasteiger partial charge in [-0.05, 0) is 47.1 Å². The molecule has 1 saturated carbocycles. The van der Waals surface area contributed by atoms with E-state index in [-0.39, 0.29) is 18.4 Å². The maximum atomic E-state index is 14.4. The summed E-state index contributed by atoms with van der Waals surface area (Å²) in [5.74, 6) is 0.816. The number of aliphatic hydroxyl groups excluding tert-OH is 1. The van der Waals surface area contributed by atoms with Crippen molar-refractivity contribution in [2.75, 3.05) is 6.54 Å². The van der Waals surface area contributed by atoms with Crippen LogP contribution in [-0.4, -0.2) is 51.0 Å². The van der Waals surface area contributed by atoms with Gasteiger partial charge in [-0.1, -0.05) is 82.3 Å². The molecular formula is C29H38N2O3. The highest BCUT2D eigenvalue weighted by molar-refractivity contribution is 6.00. The molecule has 5 nitrogen and oxygen atoms in total. The number of β-amino-alcohol motifs (C(OH)–C–C–N with tert-alkyl or cyclic N) is 1. The van der Waals surface area contributed by atoms with Crippen LogP contribution in [0.3, 0.4) is 0 Å². The summed E-state index contributed by atoms with van der Waals surface area (Å²) in [4.78, 5) is 31.9. The van der Waals surface area contributed by atoms with Gasteiger partial charge < -0.3 is 14.9 Å². The Kier molecular flexibility index (Phi) is 6.41. The molecule has 0 spiro atoms. The quantitative estimate of drug-likeness (QED) is 0.664. The topological polar surface area (TPSA) is 60.9 Å². The van der Waals surface area contributed by atoms with Gasteiger partial charge in [0.1, 0.15) is 11.6 Å². The third-order valence-electron chi connectivity index (χ3n) is 8.28. The van der Waals surface area contributed by atoms with E-state index in [1.54, 1.807) is 4.90 Å². The van der Waals surface area contributed by atoms with Gasteiger partial charge in [-0.15, -0.1) is 0 Å². The van der Waals surface area contributed by atoms with Crippen LogP contribution in [-0.2, 0) is 16.1 Å². The van der Waals surface area contributed by atoms with Crippen molar-refractivity contribution in [2.24, 2.45) is 11.8 Å². The van der Waals surface area contributed by atoms with E-state index in [0.29, 0.717) is 37.6 Å². The largest absolute Gasteiger partial charge is 0.391 e. The van der Waals surface area contributed by atoms with Crippen LogP contribution >= 0.6 is 0 Å². The first-order valence-corrected chi connectivity index (χ1v) is 13.2. The molecule has 0 bridgehead atoms. The molecule has 2 unspecified atom stereocenters. The Morgan fingerprint density at radius 1 is 1.03 bits per heavy atom. The molecule has 2 aromatic carbocycles. The van der Waals surface area contributed by atoms with Crippen LogP contribution < -0.4 is 0 Å². The van der Waals surface area contributed by atoms with Crippen LogP contribution in [0.5, 0.6) is 0 Å². The molecule has 2 saturated heterocycles. The lowest BCUT2D eigenvalue weighted by Crippen LogP contribution is -2.69.